The van der Waals surface area contributed by atoms with Gasteiger partial charge >= 0.3 is 0 Å². The molecule has 166 valence electrons. The fraction of sp³-hybridized carbons (Fsp3) is 0.458. The van der Waals surface area contributed by atoms with Crippen LogP contribution in [0.3, 0.4) is 0 Å². The topological polar surface area (TPSA) is 92.3 Å². The summed E-state index contributed by atoms with van der Waals surface area (Å²) in [5.41, 5.74) is 0.781. The van der Waals surface area contributed by atoms with Crippen LogP contribution in [-0.4, -0.2) is 32.8 Å². The van der Waals surface area contributed by atoms with Crippen molar-refractivity contribution in [1.29, 1.82) is 0 Å². The van der Waals surface area contributed by atoms with Gasteiger partial charge in [-0.05, 0) is 30.2 Å². The third-order valence-corrected chi connectivity index (χ3v) is 7.99. The van der Waals surface area contributed by atoms with Crippen LogP contribution in [0.15, 0.2) is 42.5 Å². The molecule has 0 spiro atoms. The van der Waals surface area contributed by atoms with E-state index < -0.39 is 6.04 Å². The quantitative estimate of drug-likeness (QED) is 0.532. The predicted octanol–water partition coefficient (Wildman–Crippen LogP) is 3.93. The van der Waals surface area contributed by atoms with Gasteiger partial charge in [0.2, 0.25) is 22.9 Å². The number of nitrogens with zero attached hydrogens (tertiary/aromatic N) is 3. The zero-order valence-corrected chi connectivity index (χ0v) is 18.9. The Hall–Kier alpha value is -2.87. The SMILES string of the molecule is CC(C)c1nnc(NC(=O)C[C@H](c2ccccc2)N2C(=O)[C@@H]3[C@@H](C2=O)[C@H]2C=C[C@H]3CC2)s1. The number of rotatable bonds is 6. The monoisotopic (exact) mass is 450 g/mol. The maximum Gasteiger partial charge on any atom is 0.234 e. The summed E-state index contributed by atoms with van der Waals surface area (Å²) in [5, 5.41) is 12.2. The highest BCUT2D eigenvalue weighted by atomic mass is 32.1. The maximum atomic E-state index is 13.5. The molecule has 3 amide bonds. The highest BCUT2D eigenvalue weighted by Crippen LogP contribution is 2.51. The second-order valence-electron chi connectivity index (χ2n) is 9.17. The normalized spacial score (nSPS) is 27.2. The molecule has 1 saturated heterocycles. The first-order valence-corrected chi connectivity index (χ1v) is 12.0. The van der Waals surface area contributed by atoms with E-state index >= 15 is 0 Å². The molecule has 2 heterocycles. The van der Waals surface area contributed by atoms with Crippen molar-refractivity contribution in [3.05, 3.63) is 53.1 Å². The second-order valence-corrected chi connectivity index (χ2v) is 10.2. The molecule has 1 aromatic carbocycles. The molecule has 1 aliphatic heterocycles. The van der Waals surface area contributed by atoms with Gasteiger partial charge < -0.3 is 5.32 Å². The second kappa shape index (κ2) is 8.24. The fourth-order valence-electron chi connectivity index (χ4n) is 5.30. The van der Waals surface area contributed by atoms with Crippen LogP contribution >= 0.6 is 11.3 Å². The summed E-state index contributed by atoms with van der Waals surface area (Å²) in [4.78, 5) is 41.3. The Bertz CT molecular complexity index is 1050. The van der Waals surface area contributed by atoms with Crippen molar-refractivity contribution in [1.82, 2.24) is 15.1 Å². The molecule has 5 atom stereocenters. The van der Waals surface area contributed by atoms with Crippen LogP contribution < -0.4 is 5.32 Å². The molecule has 2 bridgehead atoms. The molecule has 1 saturated carbocycles. The van der Waals surface area contributed by atoms with Crippen molar-refractivity contribution in [2.45, 2.75) is 45.1 Å². The molecule has 3 aliphatic carbocycles. The first-order valence-electron chi connectivity index (χ1n) is 11.2. The standard InChI is InChI=1S/C24H26N4O3S/c1-13(2)21-26-27-24(32-21)25-18(29)12-17(14-6-4-3-5-7-14)28-22(30)19-15-8-9-16(11-10-15)20(19)23(28)31/h3-9,13,15-17,19-20H,10-12H2,1-2H3,(H,25,27,29)/t15-,16-,17+,19-,20-/m0/s1. The van der Waals surface area contributed by atoms with Gasteiger partial charge in [0.25, 0.3) is 0 Å². The van der Waals surface area contributed by atoms with Gasteiger partial charge in [0.05, 0.1) is 24.3 Å². The molecule has 2 aromatic rings. The van der Waals surface area contributed by atoms with Gasteiger partial charge in [-0.3, -0.25) is 19.3 Å². The third kappa shape index (κ3) is 3.56. The minimum atomic E-state index is -0.640. The van der Waals surface area contributed by atoms with E-state index in [1.807, 2.05) is 44.2 Å². The largest absolute Gasteiger partial charge is 0.300 e. The van der Waals surface area contributed by atoms with E-state index in [4.69, 9.17) is 0 Å². The number of fused-ring (bicyclic) bond motifs is 1. The summed E-state index contributed by atoms with van der Waals surface area (Å²) < 4.78 is 0. The summed E-state index contributed by atoms with van der Waals surface area (Å²) in [5.74, 6) is -0.698. The molecule has 2 fully saturated rings. The molecule has 32 heavy (non-hydrogen) atoms. The third-order valence-electron chi connectivity index (χ3n) is 6.85. The number of anilines is 1. The van der Waals surface area contributed by atoms with Crippen molar-refractivity contribution in [2.75, 3.05) is 5.32 Å². The van der Waals surface area contributed by atoms with Crippen LogP contribution in [-0.2, 0) is 14.4 Å². The summed E-state index contributed by atoms with van der Waals surface area (Å²) in [6.45, 7) is 4.03. The lowest BCUT2D eigenvalue weighted by Crippen LogP contribution is -2.38. The molecule has 7 nitrogen and oxygen atoms in total. The van der Waals surface area contributed by atoms with E-state index in [0.717, 1.165) is 23.4 Å². The number of allylic oxidation sites excluding steroid dienone is 2. The van der Waals surface area contributed by atoms with Gasteiger partial charge in [-0.2, -0.15) is 0 Å². The number of benzene rings is 1. The number of carbonyl (C=O) groups is 3. The fourth-order valence-corrected chi connectivity index (χ4v) is 6.06. The van der Waals surface area contributed by atoms with Gasteiger partial charge in [0.15, 0.2) is 0 Å². The zero-order valence-electron chi connectivity index (χ0n) is 18.1. The molecule has 6 rings (SSSR count). The van der Waals surface area contributed by atoms with Crippen LogP contribution in [0, 0.1) is 23.7 Å². The van der Waals surface area contributed by atoms with E-state index in [9.17, 15) is 14.4 Å². The van der Waals surface area contributed by atoms with E-state index in [1.165, 1.54) is 16.2 Å². The number of aromatic nitrogens is 2. The van der Waals surface area contributed by atoms with Gasteiger partial charge in [0.1, 0.15) is 5.01 Å². The first kappa shape index (κ1) is 21.0. The summed E-state index contributed by atoms with van der Waals surface area (Å²) in [7, 11) is 0. The lowest BCUT2D eigenvalue weighted by Gasteiger charge is -2.38. The van der Waals surface area contributed by atoms with Gasteiger partial charge in [-0.25, -0.2) is 0 Å². The Morgan fingerprint density at radius 2 is 1.69 bits per heavy atom. The summed E-state index contributed by atoms with van der Waals surface area (Å²) in [6.07, 6.45) is 6.09. The minimum Gasteiger partial charge on any atom is -0.300 e. The van der Waals surface area contributed by atoms with Crippen molar-refractivity contribution in [3.63, 3.8) is 0 Å². The molecule has 4 aliphatic rings. The first-order chi connectivity index (χ1) is 15.4. The maximum absolute atomic E-state index is 13.5. The Morgan fingerprint density at radius 1 is 1.06 bits per heavy atom. The zero-order chi connectivity index (χ0) is 22.4. The van der Waals surface area contributed by atoms with Gasteiger partial charge in [0, 0.05) is 5.92 Å². The Morgan fingerprint density at radius 3 is 2.22 bits per heavy atom. The average molecular weight is 451 g/mol. The highest BCUT2D eigenvalue weighted by molar-refractivity contribution is 7.15. The Labute approximate surface area is 190 Å². The molecular formula is C24H26N4O3S. The summed E-state index contributed by atoms with van der Waals surface area (Å²) >= 11 is 1.34. The van der Waals surface area contributed by atoms with E-state index in [0.29, 0.717) is 5.13 Å². The van der Waals surface area contributed by atoms with E-state index in [1.54, 1.807) is 0 Å². The Kier molecular flexibility index (Phi) is 5.41. The molecule has 8 heteroatoms. The molecule has 0 radical (unpaired) electrons. The van der Waals surface area contributed by atoms with Gasteiger partial charge in [-0.1, -0.05) is 67.7 Å². The van der Waals surface area contributed by atoms with Crippen molar-refractivity contribution >= 4 is 34.2 Å². The molecule has 0 unspecified atom stereocenters. The molecule has 1 aromatic heterocycles. The predicted molar refractivity (Wildman–Crippen MR) is 121 cm³/mol. The summed E-state index contributed by atoms with van der Waals surface area (Å²) in [6, 6.07) is 8.71. The number of nitrogens with one attached hydrogen (secondary N) is 1. The highest BCUT2D eigenvalue weighted by Gasteiger charge is 2.58. The van der Waals surface area contributed by atoms with Crippen LogP contribution in [0.25, 0.3) is 0 Å². The van der Waals surface area contributed by atoms with Crippen molar-refractivity contribution in [3.8, 4) is 0 Å². The van der Waals surface area contributed by atoms with Crippen molar-refractivity contribution in [2.24, 2.45) is 23.7 Å². The number of carbonyl (C=O) groups excluding carboxylic acids is 3. The Balaban J connectivity index is 1.41. The van der Waals surface area contributed by atoms with Crippen LogP contribution in [0.4, 0.5) is 5.13 Å². The van der Waals surface area contributed by atoms with Gasteiger partial charge in [-0.15, -0.1) is 10.2 Å². The van der Waals surface area contributed by atoms with Crippen LogP contribution in [0.1, 0.15) is 55.6 Å². The van der Waals surface area contributed by atoms with E-state index in [2.05, 4.69) is 27.7 Å². The number of likely N-dealkylation sites (tertiary alicyclic amines) is 1. The minimum absolute atomic E-state index is 0.0136. The van der Waals surface area contributed by atoms with Crippen LogP contribution in [0.5, 0.6) is 0 Å². The van der Waals surface area contributed by atoms with Crippen molar-refractivity contribution < 1.29 is 14.4 Å². The van der Waals surface area contributed by atoms with Crippen LogP contribution in [0.2, 0.25) is 0 Å². The molecule has 1 N–H and O–H groups in total. The van der Waals surface area contributed by atoms with E-state index in [-0.39, 0.29) is 53.7 Å². The number of hydrogen-bond acceptors (Lipinski definition) is 6. The number of amides is 3. The smallest absolute Gasteiger partial charge is 0.234 e. The molecular weight excluding hydrogens is 424 g/mol. The number of imide groups is 1. The number of hydrogen-bond donors (Lipinski definition) is 1. The lowest BCUT2D eigenvalue weighted by atomic mass is 9.63. The lowest BCUT2D eigenvalue weighted by molar-refractivity contribution is -0.143. The average Bonchev–Trinajstić information content (AvgIpc) is 3.38.